The molecule has 0 saturated carbocycles. The molecule has 0 aromatic heterocycles. The predicted molar refractivity (Wildman–Crippen MR) is 60.6 cm³/mol. The number of nitriles is 1. The molecule has 0 bridgehead atoms. The van der Waals surface area contributed by atoms with Crippen molar-refractivity contribution in [2.75, 3.05) is 12.4 Å². The molecule has 1 aromatic carbocycles. The summed E-state index contributed by atoms with van der Waals surface area (Å²) in [7, 11) is 1.52. The van der Waals surface area contributed by atoms with Crippen molar-refractivity contribution in [2.24, 2.45) is 0 Å². The topological polar surface area (TPSA) is 50.1 Å². The van der Waals surface area contributed by atoms with Gasteiger partial charge in [0.05, 0.1) is 24.1 Å². The summed E-state index contributed by atoms with van der Waals surface area (Å²) in [5, 5.41) is 9.04. The minimum Gasteiger partial charge on any atom is -0.496 e. The fourth-order valence-corrected chi connectivity index (χ4v) is 1.63. The Bertz CT molecular complexity index is 435. The second kappa shape index (κ2) is 4.94. The highest BCUT2D eigenvalue weighted by atomic mass is 79.9. The largest absolute Gasteiger partial charge is 0.496 e. The van der Waals surface area contributed by atoms with Crippen LogP contribution in [0.4, 0.5) is 0 Å². The van der Waals surface area contributed by atoms with E-state index in [0.29, 0.717) is 16.9 Å². The van der Waals surface area contributed by atoms with Gasteiger partial charge in [-0.05, 0) is 19.1 Å². The number of methoxy groups -OCH3 is 1. The summed E-state index contributed by atoms with van der Waals surface area (Å²) in [6.07, 6.45) is 0. The molecule has 0 atom stereocenters. The monoisotopic (exact) mass is 267 g/mol. The molecule has 0 spiro atoms. The van der Waals surface area contributed by atoms with Crippen molar-refractivity contribution >= 4 is 21.7 Å². The molecule has 0 aliphatic heterocycles. The van der Waals surface area contributed by atoms with E-state index in [1.165, 1.54) is 7.11 Å². The van der Waals surface area contributed by atoms with Crippen molar-refractivity contribution in [3.8, 4) is 11.8 Å². The van der Waals surface area contributed by atoms with E-state index in [2.05, 4.69) is 15.9 Å². The molecule has 78 valence electrons. The molecule has 0 aliphatic carbocycles. The van der Waals surface area contributed by atoms with Gasteiger partial charge in [-0.1, -0.05) is 15.9 Å². The average Bonchev–Trinajstić information content (AvgIpc) is 2.28. The van der Waals surface area contributed by atoms with Gasteiger partial charge >= 0.3 is 0 Å². The third kappa shape index (κ3) is 2.37. The summed E-state index contributed by atoms with van der Waals surface area (Å²) in [4.78, 5) is 11.6. The van der Waals surface area contributed by atoms with Crippen molar-refractivity contribution in [3.63, 3.8) is 0 Å². The quantitative estimate of drug-likeness (QED) is 0.625. The van der Waals surface area contributed by atoms with Crippen LogP contribution in [0.5, 0.6) is 5.75 Å². The predicted octanol–water partition coefficient (Wildman–Crippen LogP) is 2.45. The van der Waals surface area contributed by atoms with Gasteiger partial charge in [0, 0.05) is 11.1 Å². The van der Waals surface area contributed by atoms with E-state index in [1.54, 1.807) is 19.1 Å². The zero-order chi connectivity index (χ0) is 11.4. The Hall–Kier alpha value is -1.34. The van der Waals surface area contributed by atoms with Gasteiger partial charge < -0.3 is 4.74 Å². The van der Waals surface area contributed by atoms with Crippen LogP contribution in [0.15, 0.2) is 12.1 Å². The molecule has 15 heavy (non-hydrogen) atoms. The fourth-order valence-electron chi connectivity index (χ4n) is 1.33. The van der Waals surface area contributed by atoms with Crippen molar-refractivity contribution in [1.29, 1.82) is 5.26 Å². The van der Waals surface area contributed by atoms with E-state index >= 15 is 0 Å². The van der Waals surface area contributed by atoms with Crippen molar-refractivity contribution in [1.82, 2.24) is 0 Å². The number of nitrogens with zero attached hydrogens (tertiary/aromatic N) is 1. The minimum atomic E-state index is -0.0529. The van der Waals surface area contributed by atoms with Gasteiger partial charge in [0.25, 0.3) is 0 Å². The fraction of sp³-hybridized carbons (Fsp3) is 0.273. The number of alkyl halides is 1. The molecule has 1 rings (SSSR count). The van der Waals surface area contributed by atoms with Crippen LogP contribution in [-0.2, 0) is 0 Å². The Kier molecular flexibility index (Phi) is 3.87. The molecule has 0 fully saturated rings. The van der Waals surface area contributed by atoms with Gasteiger partial charge in [-0.25, -0.2) is 0 Å². The summed E-state index contributed by atoms with van der Waals surface area (Å²) in [5.74, 6) is 0.515. The summed E-state index contributed by atoms with van der Waals surface area (Å²) >= 11 is 3.11. The number of ether oxygens (including phenoxy) is 1. The van der Waals surface area contributed by atoms with Crippen LogP contribution >= 0.6 is 15.9 Å². The third-order valence-electron chi connectivity index (χ3n) is 2.13. The molecule has 0 radical (unpaired) electrons. The molecule has 0 heterocycles. The molecule has 0 unspecified atom stereocenters. The lowest BCUT2D eigenvalue weighted by molar-refractivity contribution is 0.102. The van der Waals surface area contributed by atoms with Gasteiger partial charge in [-0.15, -0.1) is 0 Å². The zero-order valence-electron chi connectivity index (χ0n) is 8.50. The Labute approximate surface area is 96.8 Å². The van der Waals surface area contributed by atoms with Crippen molar-refractivity contribution in [2.45, 2.75) is 6.92 Å². The van der Waals surface area contributed by atoms with Gasteiger partial charge in [0.1, 0.15) is 5.75 Å². The molecular weight excluding hydrogens is 258 g/mol. The highest BCUT2D eigenvalue weighted by molar-refractivity contribution is 9.09. The summed E-state index contributed by atoms with van der Waals surface area (Å²) in [6, 6.07) is 5.21. The Morgan fingerprint density at radius 3 is 2.73 bits per heavy atom. The van der Waals surface area contributed by atoms with Crippen LogP contribution in [0.1, 0.15) is 21.5 Å². The lowest BCUT2D eigenvalue weighted by Crippen LogP contribution is -2.05. The zero-order valence-corrected chi connectivity index (χ0v) is 10.1. The number of ketones is 1. The molecule has 3 nitrogen and oxygen atoms in total. The molecule has 4 heteroatoms. The number of benzene rings is 1. The summed E-state index contributed by atoms with van der Waals surface area (Å²) in [5.41, 5.74) is 1.73. The van der Waals surface area contributed by atoms with Crippen LogP contribution in [0, 0.1) is 18.3 Å². The third-order valence-corrected chi connectivity index (χ3v) is 2.64. The SMILES string of the molecule is COc1cc(C#N)cc(C(=O)CBr)c1C. The second-order valence-corrected chi connectivity index (χ2v) is 3.58. The highest BCUT2D eigenvalue weighted by Crippen LogP contribution is 2.24. The molecule has 1 aromatic rings. The van der Waals surface area contributed by atoms with E-state index in [9.17, 15) is 4.79 Å². The first-order valence-electron chi connectivity index (χ1n) is 4.32. The number of halogens is 1. The Balaban J connectivity index is 3.38. The summed E-state index contributed by atoms with van der Waals surface area (Å²) < 4.78 is 5.10. The van der Waals surface area contributed by atoms with Crippen LogP contribution in [0.3, 0.4) is 0 Å². The highest BCUT2D eigenvalue weighted by Gasteiger charge is 2.13. The first kappa shape index (κ1) is 11.7. The standard InChI is InChI=1S/C11H10BrNO2/c1-7-9(10(14)5-12)3-8(6-13)4-11(7)15-2/h3-4H,5H2,1-2H3. The van der Waals surface area contributed by atoms with Crippen LogP contribution in [0.2, 0.25) is 0 Å². The van der Waals surface area contributed by atoms with Gasteiger partial charge in [0.2, 0.25) is 0 Å². The number of carbonyl (C=O) groups excluding carboxylic acids is 1. The number of hydrogen-bond donors (Lipinski definition) is 0. The van der Waals surface area contributed by atoms with E-state index in [4.69, 9.17) is 10.00 Å². The average molecular weight is 268 g/mol. The maximum Gasteiger partial charge on any atom is 0.173 e. The van der Waals surface area contributed by atoms with Gasteiger partial charge in [-0.2, -0.15) is 5.26 Å². The van der Waals surface area contributed by atoms with Crippen molar-refractivity contribution in [3.05, 3.63) is 28.8 Å². The van der Waals surface area contributed by atoms with E-state index < -0.39 is 0 Å². The molecular formula is C11H10BrNO2. The molecule has 0 amide bonds. The van der Waals surface area contributed by atoms with Crippen molar-refractivity contribution < 1.29 is 9.53 Å². The Morgan fingerprint density at radius 1 is 1.60 bits per heavy atom. The number of carbonyl (C=O) groups is 1. The molecule has 0 saturated heterocycles. The lowest BCUT2D eigenvalue weighted by atomic mass is 10.0. The number of rotatable bonds is 3. The Morgan fingerprint density at radius 2 is 2.27 bits per heavy atom. The maximum atomic E-state index is 11.6. The molecule has 0 aliphatic rings. The lowest BCUT2D eigenvalue weighted by Gasteiger charge is -2.09. The van der Waals surface area contributed by atoms with Crippen LogP contribution in [-0.4, -0.2) is 18.2 Å². The maximum absolute atomic E-state index is 11.6. The second-order valence-electron chi connectivity index (χ2n) is 3.02. The van der Waals surface area contributed by atoms with Crippen LogP contribution < -0.4 is 4.74 Å². The molecule has 0 N–H and O–H groups in total. The number of Topliss-reactive ketones (excluding diaryl/α,β-unsaturated/α-hetero) is 1. The van der Waals surface area contributed by atoms with E-state index in [1.807, 2.05) is 6.07 Å². The minimum absolute atomic E-state index is 0.0529. The van der Waals surface area contributed by atoms with E-state index in [0.717, 1.165) is 5.56 Å². The smallest absolute Gasteiger partial charge is 0.173 e. The normalized spacial score (nSPS) is 9.47. The summed E-state index contributed by atoms with van der Waals surface area (Å²) in [6.45, 7) is 1.80. The van der Waals surface area contributed by atoms with Gasteiger partial charge in [0.15, 0.2) is 5.78 Å². The first-order chi connectivity index (χ1) is 7.13. The first-order valence-corrected chi connectivity index (χ1v) is 5.44. The van der Waals surface area contributed by atoms with E-state index in [-0.39, 0.29) is 11.1 Å². The van der Waals surface area contributed by atoms with Gasteiger partial charge in [-0.3, -0.25) is 4.79 Å². The number of hydrogen-bond acceptors (Lipinski definition) is 3. The van der Waals surface area contributed by atoms with Crippen LogP contribution in [0.25, 0.3) is 0 Å².